The first kappa shape index (κ1) is 30.4. The molecule has 0 aliphatic carbocycles. The Bertz CT molecular complexity index is 1100. The van der Waals surface area contributed by atoms with Crippen LogP contribution in [0.5, 0.6) is 11.5 Å². The summed E-state index contributed by atoms with van der Waals surface area (Å²) in [4.78, 5) is 12.4. The molecule has 0 aliphatic heterocycles. The zero-order valence-electron chi connectivity index (χ0n) is 19.4. The quantitative estimate of drug-likeness (QED) is 0.232. The first-order valence-corrected chi connectivity index (χ1v) is 12.0. The number of benzene rings is 2. The third kappa shape index (κ3) is 8.88. The molecule has 0 saturated heterocycles. The van der Waals surface area contributed by atoms with E-state index in [1.54, 1.807) is 24.3 Å². The van der Waals surface area contributed by atoms with Crippen LogP contribution in [0, 0.1) is 0 Å². The molecule has 180 valence electrons. The van der Waals surface area contributed by atoms with Crippen LogP contribution >= 0.6 is 23.8 Å². The fourth-order valence-corrected chi connectivity index (χ4v) is 4.37. The summed E-state index contributed by atoms with van der Waals surface area (Å²) in [6.07, 6.45) is 0.311. The van der Waals surface area contributed by atoms with E-state index in [0.29, 0.717) is 22.8 Å². The van der Waals surface area contributed by atoms with Gasteiger partial charge in [-0.25, -0.2) is 8.42 Å². The number of thiocarbonyl (C=S) groups is 1. The average molecular weight is 538 g/mol. The van der Waals surface area contributed by atoms with E-state index in [1.807, 2.05) is 0 Å². The van der Waals surface area contributed by atoms with Gasteiger partial charge in [-0.05, 0) is 54.5 Å². The number of hydrogen-bond acceptors (Lipinski definition) is 7. The number of amides is 1. The van der Waals surface area contributed by atoms with Gasteiger partial charge in [0, 0.05) is 24.7 Å². The molecule has 0 saturated carbocycles. The summed E-state index contributed by atoms with van der Waals surface area (Å²) in [5.74, 6) is 0.0345. The van der Waals surface area contributed by atoms with Gasteiger partial charge in [-0.2, -0.15) is 0 Å². The maximum atomic E-state index is 12.8. The maximum absolute atomic E-state index is 12.8. The predicted molar refractivity (Wildman–Crippen MR) is 130 cm³/mol. The minimum Gasteiger partial charge on any atom is -0.649 e. The van der Waals surface area contributed by atoms with Crippen molar-refractivity contribution in [3.05, 3.63) is 57.9 Å². The Kier molecular flexibility index (Phi) is 13.2. The summed E-state index contributed by atoms with van der Waals surface area (Å²) >= 11 is 10.9. The van der Waals surface area contributed by atoms with Crippen molar-refractivity contribution in [2.45, 2.75) is 11.3 Å². The smallest absolute Gasteiger partial charge is 0.649 e. The molecular weight excluding hydrogens is 513 g/mol. The maximum Gasteiger partial charge on any atom is 1.00 e. The van der Waals surface area contributed by atoms with Crippen molar-refractivity contribution in [3.8, 4) is 11.5 Å². The second-order valence-electron chi connectivity index (χ2n) is 6.59. The zero-order chi connectivity index (χ0) is 24.4. The largest absolute Gasteiger partial charge is 1.00 e. The molecule has 0 aliphatic rings. The van der Waals surface area contributed by atoms with Crippen molar-refractivity contribution in [1.29, 1.82) is 0 Å². The fraction of sp³-hybridized carbons (Fsp3) is 0.333. The van der Waals surface area contributed by atoms with Crippen LogP contribution in [0.2, 0.25) is 5.02 Å². The summed E-state index contributed by atoms with van der Waals surface area (Å²) in [5, 5.41) is 6.95. The topological polar surface area (TPSA) is 117 Å². The Hall–Kier alpha value is -1.60. The van der Waals surface area contributed by atoms with Gasteiger partial charge >= 0.3 is 29.6 Å². The van der Waals surface area contributed by atoms with Crippen LogP contribution in [0.1, 0.15) is 15.9 Å². The number of carbonyl (C=O) groups is 1. The minimum atomic E-state index is -4.01. The third-order valence-electron chi connectivity index (χ3n) is 4.34. The summed E-state index contributed by atoms with van der Waals surface area (Å²) in [5.41, 5.74) is 0.888. The second kappa shape index (κ2) is 14.7. The van der Waals surface area contributed by atoms with Crippen LogP contribution < -0.4 is 49.1 Å². The van der Waals surface area contributed by atoms with E-state index in [2.05, 4.69) is 15.4 Å². The van der Waals surface area contributed by atoms with Gasteiger partial charge in [0.05, 0.1) is 19.6 Å². The van der Waals surface area contributed by atoms with Gasteiger partial charge < -0.3 is 29.6 Å². The molecule has 0 bridgehead atoms. The van der Waals surface area contributed by atoms with Crippen molar-refractivity contribution >= 4 is 44.9 Å². The van der Waals surface area contributed by atoms with Crippen molar-refractivity contribution in [2.75, 3.05) is 41.0 Å². The van der Waals surface area contributed by atoms with E-state index in [0.717, 1.165) is 0 Å². The monoisotopic (exact) mass is 537 g/mol. The number of hydrogen-bond donors (Lipinski definition) is 2. The summed E-state index contributed by atoms with van der Waals surface area (Å²) in [7, 11) is 0.461. The Labute approximate surface area is 232 Å². The molecule has 0 unspecified atom stereocenters. The predicted octanol–water partition coefficient (Wildman–Crippen LogP) is -0.0830. The molecule has 0 atom stereocenters. The first-order valence-electron chi connectivity index (χ1n) is 9.76. The third-order valence-corrected chi connectivity index (χ3v) is 6.39. The van der Waals surface area contributed by atoms with Gasteiger partial charge in [-0.1, -0.05) is 17.7 Å². The average Bonchev–Trinajstić information content (AvgIpc) is 2.79. The van der Waals surface area contributed by atoms with Crippen molar-refractivity contribution in [3.63, 3.8) is 0 Å². The number of ether oxygens (including phenoxy) is 3. The Morgan fingerprint density at radius 1 is 1.12 bits per heavy atom. The molecule has 2 rings (SSSR count). The van der Waals surface area contributed by atoms with E-state index in [4.69, 9.17) is 38.0 Å². The number of halogens is 1. The normalized spacial score (nSPS) is 10.6. The van der Waals surface area contributed by atoms with Gasteiger partial charge in [0.25, 0.3) is 10.0 Å². The molecule has 34 heavy (non-hydrogen) atoms. The minimum absolute atomic E-state index is 0. The molecule has 1 amide bonds. The SMILES string of the molecule is CNC(=S)NS(=O)(=O)c1cc(CC[N-]C(=O)c2cc(Cl)ccc2OC)ccc1OCCOC.[Na+]. The number of carbonyl (C=O) groups excluding carboxylic acids is 1. The van der Waals surface area contributed by atoms with Crippen LogP contribution in [0.3, 0.4) is 0 Å². The van der Waals surface area contributed by atoms with E-state index >= 15 is 0 Å². The van der Waals surface area contributed by atoms with Crippen LogP contribution in [-0.4, -0.2) is 60.5 Å². The Morgan fingerprint density at radius 2 is 1.82 bits per heavy atom. The van der Waals surface area contributed by atoms with Crippen molar-refractivity contribution < 1.29 is 57.0 Å². The molecule has 2 N–H and O–H groups in total. The van der Waals surface area contributed by atoms with E-state index < -0.39 is 15.9 Å². The van der Waals surface area contributed by atoms with Crippen LogP contribution in [0.15, 0.2) is 41.3 Å². The number of methoxy groups -OCH3 is 2. The standard InChI is InChI=1S/C21H26ClN3O6S2.Na/c1-23-21(32)25-33(27,28)19-12-14(4-6-18(19)31-11-10-29-2)8-9-24-20(26)16-13-15(22)5-7-17(16)30-3;/h4-7,12-13H,8-11H2,1-3H3,(H3,23,24,25,26,32);/q;+1/p-1. The molecule has 0 radical (unpaired) electrons. The molecule has 0 aromatic heterocycles. The first-order chi connectivity index (χ1) is 15.7. The van der Waals surface area contributed by atoms with Gasteiger partial charge in [0.2, 0.25) is 0 Å². The van der Waals surface area contributed by atoms with Crippen LogP contribution in [0.4, 0.5) is 0 Å². The van der Waals surface area contributed by atoms with Crippen LogP contribution in [-0.2, 0) is 21.2 Å². The van der Waals surface area contributed by atoms with Crippen molar-refractivity contribution in [1.82, 2.24) is 10.0 Å². The Morgan fingerprint density at radius 3 is 2.47 bits per heavy atom. The molecule has 0 heterocycles. The number of nitrogens with zero attached hydrogens (tertiary/aromatic N) is 1. The van der Waals surface area contributed by atoms with Crippen LogP contribution in [0.25, 0.3) is 5.32 Å². The molecule has 2 aromatic carbocycles. The molecular formula is C21H25ClN3NaO6S2. The van der Waals surface area contributed by atoms with Gasteiger partial charge in [-0.3, -0.25) is 4.72 Å². The van der Waals surface area contributed by atoms with Gasteiger partial charge in [0.1, 0.15) is 23.0 Å². The van der Waals surface area contributed by atoms with E-state index in [-0.39, 0.29) is 70.6 Å². The van der Waals surface area contributed by atoms with Gasteiger partial charge in [0.15, 0.2) is 5.11 Å². The number of nitrogens with one attached hydrogen (secondary N) is 2. The molecule has 0 fully saturated rings. The summed E-state index contributed by atoms with van der Waals surface area (Å²) in [6.45, 7) is 0.581. The number of rotatable bonds is 11. The van der Waals surface area contributed by atoms with E-state index in [9.17, 15) is 13.2 Å². The van der Waals surface area contributed by atoms with Crippen molar-refractivity contribution in [2.24, 2.45) is 0 Å². The summed E-state index contributed by atoms with van der Waals surface area (Å²) in [6, 6.07) is 9.40. The molecule has 9 nitrogen and oxygen atoms in total. The fourth-order valence-electron chi connectivity index (χ4n) is 2.72. The Balaban J connectivity index is 0.00000578. The molecule has 13 heteroatoms. The zero-order valence-corrected chi connectivity index (χ0v) is 23.8. The van der Waals surface area contributed by atoms with E-state index in [1.165, 1.54) is 33.4 Å². The van der Waals surface area contributed by atoms with Gasteiger partial charge in [-0.15, -0.1) is 6.54 Å². The second-order valence-corrected chi connectivity index (χ2v) is 9.08. The number of sulfonamides is 1. The molecule has 0 spiro atoms. The molecule has 2 aromatic rings. The summed E-state index contributed by atoms with van der Waals surface area (Å²) < 4.78 is 43.6.